The Bertz CT molecular complexity index is 544. The second-order valence-electron chi connectivity index (χ2n) is 5.57. The van der Waals surface area contributed by atoms with E-state index in [1.165, 1.54) is 5.56 Å². The van der Waals surface area contributed by atoms with E-state index in [1.54, 1.807) is 0 Å². The van der Waals surface area contributed by atoms with Gasteiger partial charge in [-0.2, -0.15) is 0 Å². The van der Waals surface area contributed by atoms with E-state index in [2.05, 4.69) is 38.1 Å². The van der Waals surface area contributed by atoms with E-state index in [-0.39, 0.29) is 11.2 Å². The van der Waals surface area contributed by atoms with Crippen molar-refractivity contribution in [2.75, 3.05) is 0 Å². The molecule has 0 bridgehead atoms. The van der Waals surface area contributed by atoms with Gasteiger partial charge in [-0.1, -0.05) is 74.5 Å². The highest BCUT2D eigenvalue weighted by atomic mass is 16.1. The van der Waals surface area contributed by atoms with E-state index in [9.17, 15) is 4.79 Å². The van der Waals surface area contributed by atoms with Crippen LogP contribution in [0.1, 0.15) is 49.0 Å². The first-order chi connectivity index (χ1) is 9.65. The zero-order valence-corrected chi connectivity index (χ0v) is 12.3. The molecule has 104 valence electrons. The smallest absolute Gasteiger partial charge is 0.162 e. The third kappa shape index (κ3) is 3.36. The van der Waals surface area contributed by atoms with Crippen LogP contribution in [0, 0.1) is 0 Å². The molecule has 0 aliphatic heterocycles. The highest BCUT2D eigenvalue weighted by Crippen LogP contribution is 2.32. The monoisotopic (exact) mass is 266 g/mol. The molecule has 1 unspecified atom stereocenters. The molecule has 0 N–H and O–H groups in total. The Kier molecular flexibility index (Phi) is 4.73. The molecule has 0 aromatic heterocycles. The van der Waals surface area contributed by atoms with Crippen molar-refractivity contribution in [3.63, 3.8) is 0 Å². The number of carbonyl (C=O) groups excluding carboxylic acids is 1. The molecule has 0 aliphatic carbocycles. The average Bonchev–Trinajstić information content (AvgIpc) is 2.54. The van der Waals surface area contributed by atoms with Gasteiger partial charge >= 0.3 is 0 Å². The Morgan fingerprint density at radius 1 is 0.950 bits per heavy atom. The van der Waals surface area contributed by atoms with Crippen LogP contribution in [0.3, 0.4) is 0 Å². The maximum absolute atomic E-state index is 12.2. The van der Waals surface area contributed by atoms with Crippen LogP contribution in [0.5, 0.6) is 0 Å². The van der Waals surface area contributed by atoms with Gasteiger partial charge in [-0.15, -0.1) is 0 Å². The maximum Gasteiger partial charge on any atom is 0.162 e. The molecule has 2 aromatic carbocycles. The number of rotatable bonds is 6. The van der Waals surface area contributed by atoms with Crippen LogP contribution in [0.15, 0.2) is 60.7 Å². The molecule has 20 heavy (non-hydrogen) atoms. The van der Waals surface area contributed by atoms with Gasteiger partial charge in [0.15, 0.2) is 5.78 Å². The lowest BCUT2D eigenvalue weighted by Crippen LogP contribution is -2.22. The van der Waals surface area contributed by atoms with Crippen LogP contribution >= 0.6 is 0 Å². The van der Waals surface area contributed by atoms with Crippen LogP contribution in [-0.2, 0) is 5.41 Å². The lowest BCUT2D eigenvalue weighted by molar-refractivity contribution is 0.0970. The molecule has 0 fully saturated rings. The zero-order chi connectivity index (χ0) is 14.4. The number of Topliss-reactive ketones (excluding diaryl/α,β-unsaturated/α-hetero) is 1. The molecule has 2 aromatic rings. The normalized spacial score (nSPS) is 13.7. The minimum absolute atomic E-state index is 0.0751. The van der Waals surface area contributed by atoms with Crippen LogP contribution < -0.4 is 0 Å². The van der Waals surface area contributed by atoms with Gasteiger partial charge in [0.2, 0.25) is 0 Å². The van der Waals surface area contributed by atoms with E-state index < -0.39 is 0 Å². The molecular formula is C19H22O. The molecular weight excluding hydrogens is 244 g/mol. The molecule has 1 nitrogen and oxygen atoms in total. The summed E-state index contributed by atoms with van der Waals surface area (Å²) < 4.78 is 0. The van der Waals surface area contributed by atoms with E-state index >= 15 is 0 Å². The Morgan fingerprint density at radius 3 is 2.05 bits per heavy atom. The Labute approximate surface area is 121 Å². The zero-order valence-electron chi connectivity index (χ0n) is 12.3. The molecule has 0 radical (unpaired) electrons. The lowest BCUT2D eigenvalue weighted by atomic mass is 9.76. The van der Waals surface area contributed by atoms with Crippen LogP contribution in [0.2, 0.25) is 0 Å². The number of ketones is 1. The molecule has 0 saturated heterocycles. The number of hydrogen-bond acceptors (Lipinski definition) is 1. The predicted octanol–water partition coefficient (Wildman–Crippen LogP) is 5.02. The Morgan fingerprint density at radius 2 is 1.50 bits per heavy atom. The summed E-state index contributed by atoms with van der Waals surface area (Å²) in [4.78, 5) is 12.2. The van der Waals surface area contributed by atoms with Gasteiger partial charge in [-0.25, -0.2) is 0 Å². The summed E-state index contributed by atoms with van der Waals surface area (Å²) >= 11 is 0. The van der Waals surface area contributed by atoms with Gasteiger partial charge in [0.05, 0.1) is 0 Å². The quantitative estimate of drug-likeness (QED) is 0.671. The summed E-state index contributed by atoms with van der Waals surface area (Å²) in [5.74, 6) is 0.237. The summed E-state index contributed by atoms with van der Waals surface area (Å²) in [5.41, 5.74) is 2.22. The predicted molar refractivity (Wildman–Crippen MR) is 84.1 cm³/mol. The summed E-state index contributed by atoms with van der Waals surface area (Å²) in [7, 11) is 0. The van der Waals surface area contributed by atoms with Gasteiger partial charge < -0.3 is 0 Å². The van der Waals surface area contributed by atoms with Gasteiger partial charge in [0, 0.05) is 12.0 Å². The molecule has 0 saturated carbocycles. The summed E-state index contributed by atoms with van der Waals surface area (Å²) in [6, 6.07) is 20.1. The fraction of sp³-hybridized carbons (Fsp3) is 0.316. The van der Waals surface area contributed by atoms with Crippen LogP contribution in [0.4, 0.5) is 0 Å². The number of hydrogen-bond donors (Lipinski definition) is 0. The van der Waals surface area contributed by atoms with Crippen molar-refractivity contribution in [2.24, 2.45) is 0 Å². The lowest BCUT2D eigenvalue weighted by Gasteiger charge is -2.28. The summed E-state index contributed by atoms with van der Waals surface area (Å²) in [6.07, 6.45) is 2.53. The third-order valence-corrected chi connectivity index (χ3v) is 4.25. The molecule has 0 spiro atoms. The van der Waals surface area contributed by atoms with Crippen LogP contribution in [-0.4, -0.2) is 5.78 Å². The van der Waals surface area contributed by atoms with E-state index in [4.69, 9.17) is 0 Å². The fourth-order valence-electron chi connectivity index (χ4n) is 2.52. The van der Waals surface area contributed by atoms with E-state index in [0.29, 0.717) is 6.42 Å². The molecule has 0 amide bonds. The summed E-state index contributed by atoms with van der Waals surface area (Å²) in [5, 5.41) is 0. The first kappa shape index (κ1) is 14.5. The van der Waals surface area contributed by atoms with E-state index in [0.717, 1.165) is 18.4 Å². The van der Waals surface area contributed by atoms with Crippen molar-refractivity contribution in [3.8, 4) is 0 Å². The number of benzene rings is 2. The Balaban J connectivity index is 2.06. The minimum atomic E-state index is 0.0751. The molecule has 1 heteroatoms. The summed E-state index contributed by atoms with van der Waals surface area (Å²) in [6.45, 7) is 4.45. The third-order valence-electron chi connectivity index (χ3n) is 4.25. The van der Waals surface area contributed by atoms with Gasteiger partial charge in [0.25, 0.3) is 0 Å². The minimum Gasteiger partial charge on any atom is -0.294 e. The number of carbonyl (C=O) groups is 1. The van der Waals surface area contributed by atoms with Crippen molar-refractivity contribution < 1.29 is 4.79 Å². The van der Waals surface area contributed by atoms with Crippen molar-refractivity contribution in [2.45, 2.75) is 38.5 Å². The fourth-order valence-corrected chi connectivity index (χ4v) is 2.52. The van der Waals surface area contributed by atoms with Gasteiger partial charge in [-0.3, -0.25) is 4.79 Å². The van der Waals surface area contributed by atoms with E-state index in [1.807, 2.05) is 36.4 Å². The largest absolute Gasteiger partial charge is 0.294 e. The van der Waals surface area contributed by atoms with Gasteiger partial charge in [-0.05, 0) is 23.8 Å². The molecule has 1 atom stereocenters. The molecule has 0 aliphatic rings. The highest BCUT2D eigenvalue weighted by molar-refractivity contribution is 5.96. The standard InChI is InChI=1S/C19H22O/c1-3-19(2,17-12-8-5-9-13-17)15-14-18(20)16-10-6-4-7-11-16/h4-13H,3,14-15H2,1-2H3. The molecule has 2 rings (SSSR count). The highest BCUT2D eigenvalue weighted by Gasteiger charge is 2.25. The Hall–Kier alpha value is -1.89. The second kappa shape index (κ2) is 6.51. The van der Waals surface area contributed by atoms with Crippen molar-refractivity contribution in [3.05, 3.63) is 71.8 Å². The first-order valence-corrected chi connectivity index (χ1v) is 7.29. The van der Waals surface area contributed by atoms with Crippen molar-refractivity contribution in [1.29, 1.82) is 0 Å². The first-order valence-electron chi connectivity index (χ1n) is 7.29. The van der Waals surface area contributed by atoms with Crippen LogP contribution in [0.25, 0.3) is 0 Å². The topological polar surface area (TPSA) is 17.1 Å². The maximum atomic E-state index is 12.2. The van der Waals surface area contributed by atoms with Crippen molar-refractivity contribution >= 4 is 5.78 Å². The van der Waals surface area contributed by atoms with Crippen molar-refractivity contribution in [1.82, 2.24) is 0 Å². The molecule has 0 heterocycles. The average molecular weight is 266 g/mol. The van der Waals surface area contributed by atoms with Gasteiger partial charge in [0.1, 0.15) is 0 Å². The SMILES string of the molecule is CCC(C)(CCC(=O)c1ccccc1)c1ccccc1. The second-order valence-corrected chi connectivity index (χ2v) is 5.57.